The minimum atomic E-state index is -0.321. The van der Waals surface area contributed by atoms with Crippen LogP contribution in [-0.2, 0) is 4.84 Å². The number of carbonyl (C=O) groups excluding carboxylic acids is 1. The first kappa shape index (κ1) is 11.0. The highest BCUT2D eigenvalue weighted by atomic mass is 79.9. The molecule has 2 rings (SSSR count). The Kier molecular flexibility index (Phi) is 2.88. The molecular weight excluding hydrogens is 276 g/mol. The molecule has 2 aromatic heterocycles. The summed E-state index contributed by atoms with van der Waals surface area (Å²) < 4.78 is 2.24. The Labute approximate surface area is 99.9 Å². The minimum absolute atomic E-state index is 0.289. The van der Waals surface area contributed by atoms with Crippen LogP contribution >= 0.6 is 15.9 Å². The molecule has 0 spiro atoms. The van der Waals surface area contributed by atoms with Crippen LogP contribution in [0.15, 0.2) is 23.2 Å². The van der Waals surface area contributed by atoms with Crippen molar-refractivity contribution in [1.29, 1.82) is 0 Å². The van der Waals surface area contributed by atoms with Crippen molar-refractivity contribution in [2.75, 3.05) is 14.2 Å². The molecule has 0 saturated carbocycles. The van der Waals surface area contributed by atoms with Gasteiger partial charge in [-0.15, -0.1) is 0 Å². The van der Waals surface area contributed by atoms with Crippen molar-refractivity contribution in [2.45, 2.75) is 0 Å². The summed E-state index contributed by atoms with van der Waals surface area (Å²) in [6.45, 7) is 0. The SMILES string of the molecule is CON(C)C(=O)c1nc2ccncn2c1Br. The van der Waals surface area contributed by atoms with Crippen molar-refractivity contribution in [3.05, 3.63) is 28.9 Å². The van der Waals surface area contributed by atoms with Crippen molar-refractivity contribution in [2.24, 2.45) is 0 Å². The van der Waals surface area contributed by atoms with Crippen LogP contribution in [-0.4, -0.2) is 39.5 Å². The van der Waals surface area contributed by atoms with Gasteiger partial charge in [-0.05, 0) is 22.0 Å². The molecular formula is C9H9BrN4O2. The van der Waals surface area contributed by atoms with E-state index in [9.17, 15) is 4.79 Å². The second-order valence-electron chi connectivity index (χ2n) is 3.04. The molecule has 2 aromatic rings. The second-order valence-corrected chi connectivity index (χ2v) is 3.80. The first-order valence-electron chi connectivity index (χ1n) is 4.45. The van der Waals surface area contributed by atoms with Crippen molar-refractivity contribution in [3.63, 3.8) is 0 Å². The lowest BCUT2D eigenvalue weighted by atomic mass is 10.4. The number of amides is 1. The van der Waals surface area contributed by atoms with E-state index in [1.165, 1.54) is 14.2 Å². The number of halogens is 1. The topological polar surface area (TPSA) is 59.7 Å². The van der Waals surface area contributed by atoms with Crippen molar-refractivity contribution < 1.29 is 9.63 Å². The Balaban J connectivity index is 2.53. The third-order valence-electron chi connectivity index (χ3n) is 2.13. The van der Waals surface area contributed by atoms with Crippen molar-refractivity contribution in [1.82, 2.24) is 19.4 Å². The average Bonchev–Trinajstić information content (AvgIpc) is 2.65. The van der Waals surface area contributed by atoms with Gasteiger partial charge in [0.1, 0.15) is 16.6 Å². The smallest absolute Gasteiger partial charge is 0.276 e. The van der Waals surface area contributed by atoms with E-state index < -0.39 is 0 Å². The van der Waals surface area contributed by atoms with E-state index in [0.29, 0.717) is 10.3 Å². The van der Waals surface area contributed by atoms with Crippen molar-refractivity contribution >= 4 is 27.5 Å². The normalized spacial score (nSPS) is 10.7. The average molecular weight is 285 g/mol. The highest BCUT2D eigenvalue weighted by Gasteiger charge is 2.20. The number of rotatable bonds is 2. The third-order valence-corrected chi connectivity index (χ3v) is 2.89. The summed E-state index contributed by atoms with van der Waals surface area (Å²) in [5.41, 5.74) is 0.937. The zero-order chi connectivity index (χ0) is 11.7. The Morgan fingerprint density at radius 3 is 3.00 bits per heavy atom. The molecule has 2 heterocycles. The molecule has 0 fully saturated rings. The van der Waals surface area contributed by atoms with Crippen LogP contribution in [0.1, 0.15) is 10.5 Å². The van der Waals surface area contributed by atoms with E-state index in [4.69, 9.17) is 4.84 Å². The lowest BCUT2D eigenvalue weighted by molar-refractivity contribution is -0.0760. The molecule has 0 radical (unpaired) electrons. The number of hydrogen-bond donors (Lipinski definition) is 0. The maximum absolute atomic E-state index is 11.8. The van der Waals surface area contributed by atoms with Gasteiger partial charge in [0.05, 0.1) is 7.11 Å². The number of imidazole rings is 1. The van der Waals surface area contributed by atoms with E-state index in [2.05, 4.69) is 25.9 Å². The van der Waals surface area contributed by atoms with Gasteiger partial charge in [0.25, 0.3) is 5.91 Å². The van der Waals surface area contributed by atoms with Gasteiger partial charge < -0.3 is 0 Å². The number of carbonyl (C=O) groups is 1. The van der Waals surface area contributed by atoms with Crippen LogP contribution in [0.25, 0.3) is 5.65 Å². The summed E-state index contributed by atoms with van der Waals surface area (Å²) >= 11 is 3.31. The summed E-state index contributed by atoms with van der Waals surface area (Å²) in [6.07, 6.45) is 3.19. The molecule has 0 bridgehead atoms. The fourth-order valence-corrected chi connectivity index (χ4v) is 1.77. The first-order chi connectivity index (χ1) is 7.65. The molecule has 0 aliphatic heterocycles. The minimum Gasteiger partial charge on any atom is -0.276 e. The molecule has 0 aliphatic rings. The summed E-state index contributed by atoms with van der Waals surface area (Å²) in [4.78, 5) is 24.8. The quantitative estimate of drug-likeness (QED) is 0.776. The summed E-state index contributed by atoms with van der Waals surface area (Å²) in [7, 11) is 2.94. The molecule has 0 aliphatic carbocycles. The first-order valence-corrected chi connectivity index (χ1v) is 5.24. The van der Waals surface area contributed by atoms with E-state index >= 15 is 0 Å². The predicted molar refractivity (Wildman–Crippen MR) is 59.8 cm³/mol. The largest absolute Gasteiger partial charge is 0.298 e. The zero-order valence-electron chi connectivity index (χ0n) is 8.72. The van der Waals surface area contributed by atoms with Gasteiger partial charge in [-0.1, -0.05) is 0 Å². The molecule has 0 unspecified atom stereocenters. The molecule has 0 atom stereocenters. The fourth-order valence-electron chi connectivity index (χ4n) is 1.24. The highest BCUT2D eigenvalue weighted by molar-refractivity contribution is 9.10. The van der Waals surface area contributed by atoms with Crippen LogP contribution in [0, 0.1) is 0 Å². The Bertz CT molecular complexity index is 539. The van der Waals surface area contributed by atoms with Crippen LogP contribution in [0.5, 0.6) is 0 Å². The lowest BCUT2D eigenvalue weighted by Gasteiger charge is -2.11. The Morgan fingerprint density at radius 2 is 2.38 bits per heavy atom. The predicted octanol–water partition coefficient (Wildman–Crippen LogP) is 1.13. The zero-order valence-corrected chi connectivity index (χ0v) is 10.3. The monoisotopic (exact) mass is 284 g/mol. The van der Waals surface area contributed by atoms with Crippen LogP contribution < -0.4 is 0 Å². The maximum atomic E-state index is 11.8. The lowest BCUT2D eigenvalue weighted by Crippen LogP contribution is -2.26. The third kappa shape index (κ3) is 1.68. The standard InChI is InChI=1S/C9H9BrN4O2/c1-13(16-2)9(15)7-8(10)14-5-11-4-3-6(14)12-7/h3-5H,1-2H3. The van der Waals surface area contributed by atoms with Crippen LogP contribution in [0.4, 0.5) is 0 Å². The molecule has 0 aromatic carbocycles. The highest BCUT2D eigenvalue weighted by Crippen LogP contribution is 2.19. The Hall–Kier alpha value is -1.47. The van der Waals surface area contributed by atoms with E-state index in [0.717, 1.165) is 5.06 Å². The van der Waals surface area contributed by atoms with Gasteiger partial charge in [-0.25, -0.2) is 15.0 Å². The fraction of sp³-hybridized carbons (Fsp3) is 0.222. The van der Waals surface area contributed by atoms with Gasteiger partial charge in [-0.3, -0.25) is 14.0 Å². The number of aromatic nitrogens is 3. The summed E-state index contributed by atoms with van der Waals surface area (Å²) in [6, 6.07) is 1.72. The second kappa shape index (κ2) is 4.18. The number of nitrogens with zero attached hydrogens (tertiary/aromatic N) is 4. The van der Waals surface area contributed by atoms with Crippen molar-refractivity contribution in [3.8, 4) is 0 Å². The molecule has 84 valence electrons. The maximum Gasteiger partial charge on any atom is 0.298 e. The molecule has 0 saturated heterocycles. The Morgan fingerprint density at radius 1 is 1.62 bits per heavy atom. The van der Waals surface area contributed by atoms with Crippen LogP contribution in [0.2, 0.25) is 0 Å². The van der Waals surface area contributed by atoms with Gasteiger partial charge >= 0.3 is 0 Å². The summed E-state index contributed by atoms with van der Waals surface area (Å²) in [5, 5.41) is 1.11. The van der Waals surface area contributed by atoms with Gasteiger partial charge in [-0.2, -0.15) is 0 Å². The summed E-state index contributed by atoms with van der Waals surface area (Å²) in [5.74, 6) is -0.321. The molecule has 16 heavy (non-hydrogen) atoms. The molecule has 6 nitrogen and oxygen atoms in total. The number of hydroxylamine groups is 2. The van der Waals surface area contributed by atoms with E-state index in [1.807, 2.05) is 0 Å². The van der Waals surface area contributed by atoms with Gasteiger partial charge in [0.2, 0.25) is 0 Å². The van der Waals surface area contributed by atoms with Gasteiger partial charge in [0, 0.05) is 13.2 Å². The molecule has 7 heteroatoms. The number of fused-ring (bicyclic) bond motifs is 1. The molecule has 0 N–H and O–H groups in total. The molecule has 1 amide bonds. The number of hydrogen-bond acceptors (Lipinski definition) is 4. The van der Waals surface area contributed by atoms with Crippen LogP contribution in [0.3, 0.4) is 0 Å². The van der Waals surface area contributed by atoms with E-state index in [-0.39, 0.29) is 11.6 Å². The van der Waals surface area contributed by atoms with E-state index in [1.54, 1.807) is 23.0 Å². The van der Waals surface area contributed by atoms with Gasteiger partial charge in [0.15, 0.2) is 5.69 Å².